The van der Waals surface area contributed by atoms with Gasteiger partial charge < -0.3 is 14.1 Å². The number of allylic oxidation sites excluding steroid dienone is 1. The zero-order valence-corrected chi connectivity index (χ0v) is 10.1. The summed E-state index contributed by atoms with van der Waals surface area (Å²) in [5, 5.41) is 9.61. The minimum absolute atomic E-state index is 0.192. The Bertz CT molecular complexity index is 631. The molecule has 2 aromatic rings. The van der Waals surface area contributed by atoms with E-state index in [1.807, 2.05) is 18.2 Å². The Hall–Kier alpha value is -2.11. The van der Waals surface area contributed by atoms with Crippen molar-refractivity contribution in [1.82, 2.24) is 0 Å². The summed E-state index contributed by atoms with van der Waals surface area (Å²) in [5.41, 5.74) is 2.57. The van der Waals surface area contributed by atoms with Crippen LogP contribution in [0.25, 0.3) is 6.08 Å². The second-order valence-corrected chi connectivity index (χ2v) is 4.30. The van der Waals surface area contributed by atoms with Gasteiger partial charge in [0.2, 0.25) is 5.78 Å². The van der Waals surface area contributed by atoms with Crippen LogP contribution in [-0.2, 0) is 11.3 Å². The Morgan fingerprint density at radius 3 is 3.05 bits per heavy atom. The van der Waals surface area contributed by atoms with Crippen LogP contribution in [0.2, 0.25) is 0 Å². The molecule has 0 spiro atoms. The molecule has 1 aliphatic heterocycles. The van der Waals surface area contributed by atoms with Gasteiger partial charge in [-0.3, -0.25) is 4.79 Å². The molecule has 1 aliphatic rings. The first kappa shape index (κ1) is 12.0. The lowest BCUT2D eigenvalue weighted by Crippen LogP contribution is -2.28. The number of hydrogen-bond donors (Lipinski definition) is 1. The van der Waals surface area contributed by atoms with Crippen molar-refractivity contribution in [3.63, 3.8) is 0 Å². The fraction of sp³-hybridized carbons (Fsp3) is 0.0714. The summed E-state index contributed by atoms with van der Waals surface area (Å²) < 4.78 is 10.1. The Labute approximate surface area is 110 Å². The zero-order valence-electron chi connectivity index (χ0n) is 10.1. The Morgan fingerprint density at radius 1 is 1.37 bits per heavy atom. The van der Waals surface area contributed by atoms with E-state index in [4.69, 9.17) is 9.07 Å². The maximum absolute atomic E-state index is 11.7. The van der Waals surface area contributed by atoms with E-state index in [0.29, 0.717) is 12.4 Å². The molecule has 5 heteroatoms. The number of carbonyl (C=O) groups excluding carboxylic acids is 1. The number of furan rings is 1. The molecule has 2 heterocycles. The number of benzene rings is 1. The molecule has 0 aliphatic carbocycles. The minimum atomic E-state index is -0.871. The molecule has 0 saturated carbocycles. The van der Waals surface area contributed by atoms with E-state index in [1.54, 1.807) is 18.2 Å². The van der Waals surface area contributed by atoms with Crippen LogP contribution in [0.5, 0.6) is 0 Å². The summed E-state index contributed by atoms with van der Waals surface area (Å²) in [6, 6.07) is 8.88. The monoisotopic (exact) mass is 254 g/mol. The molecule has 0 amide bonds. The van der Waals surface area contributed by atoms with Gasteiger partial charge in [0, 0.05) is 0 Å². The first-order chi connectivity index (χ1) is 9.24. The molecular weight excluding hydrogens is 243 g/mol. The number of rotatable bonds is 3. The van der Waals surface area contributed by atoms with E-state index in [9.17, 15) is 9.82 Å². The second-order valence-electron chi connectivity index (χ2n) is 4.30. The van der Waals surface area contributed by atoms with Gasteiger partial charge in [0.25, 0.3) is 0 Å². The van der Waals surface area contributed by atoms with Gasteiger partial charge in [-0.15, -0.1) is 0 Å². The summed E-state index contributed by atoms with van der Waals surface area (Å²) >= 11 is 0. The number of ketones is 1. The van der Waals surface area contributed by atoms with Crippen molar-refractivity contribution in [3.05, 3.63) is 59.6 Å². The number of carbonyl (C=O) groups is 1. The van der Waals surface area contributed by atoms with Crippen molar-refractivity contribution in [2.75, 3.05) is 0 Å². The molecule has 1 aromatic heterocycles. The Balaban J connectivity index is 1.81. The summed E-state index contributed by atoms with van der Waals surface area (Å²) in [4.78, 5) is 11.7. The predicted octanol–water partition coefficient (Wildman–Crippen LogP) is 1.39. The molecule has 0 atom stereocenters. The third-order valence-corrected chi connectivity index (χ3v) is 3.02. The van der Waals surface area contributed by atoms with Crippen molar-refractivity contribution in [2.24, 2.45) is 0 Å². The molecule has 0 fully saturated rings. The topological polar surface area (TPSA) is 59.7 Å². The standard InChI is InChI=1S/C14H11BO4/c16-13(14-2-1-7-18-14)6-4-10-3-5-11-9-19-15(17)12(11)8-10/h1-8,17H,9H2/b6-4+. The average molecular weight is 254 g/mol. The lowest BCUT2D eigenvalue weighted by molar-refractivity contribution is 0.102. The molecular formula is C14H11BO4. The van der Waals surface area contributed by atoms with Crippen molar-refractivity contribution < 1.29 is 18.9 Å². The third kappa shape index (κ3) is 2.38. The maximum atomic E-state index is 11.7. The van der Waals surface area contributed by atoms with Gasteiger partial charge in [0.1, 0.15) is 0 Å². The largest absolute Gasteiger partial charge is 0.491 e. The van der Waals surface area contributed by atoms with Crippen LogP contribution < -0.4 is 5.46 Å². The maximum Gasteiger partial charge on any atom is 0.491 e. The van der Waals surface area contributed by atoms with Gasteiger partial charge in [-0.1, -0.05) is 24.3 Å². The second kappa shape index (κ2) is 4.88. The summed E-state index contributed by atoms with van der Waals surface area (Å²) in [5.74, 6) is 0.114. The first-order valence-electron chi connectivity index (χ1n) is 5.92. The van der Waals surface area contributed by atoms with Crippen LogP contribution in [-0.4, -0.2) is 17.9 Å². The van der Waals surface area contributed by atoms with Gasteiger partial charge in [0.15, 0.2) is 5.76 Å². The lowest BCUT2D eigenvalue weighted by atomic mass is 9.79. The van der Waals surface area contributed by atoms with E-state index < -0.39 is 7.12 Å². The molecule has 0 unspecified atom stereocenters. The molecule has 19 heavy (non-hydrogen) atoms. The van der Waals surface area contributed by atoms with E-state index >= 15 is 0 Å². The van der Waals surface area contributed by atoms with Crippen LogP contribution in [0.4, 0.5) is 0 Å². The minimum Gasteiger partial charge on any atom is -0.461 e. The van der Waals surface area contributed by atoms with Gasteiger partial charge in [-0.25, -0.2) is 0 Å². The fourth-order valence-electron chi connectivity index (χ4n) is 2.01. The van der Waals surface area contributed by atoms with Crippen molar-refractivity contribution in [2.45, 2.75) is 6.61 Å². The molecule has 3 rings (SSSR count). The van der Waals surface area contributed by atoms with Crippen LogP contribution in [0.1, 0.15) is 21.7 Å². The number of hydrogen-bond acceptors (Lipinski definition) is 4. The van der Waals surface area contributed by atoms with Crippen LogP contribution in [0.3, 0.4) is 0 Å². The van der Waals surface area contributed by atoms with E-state index in [2.05, 4.69) is 0 Å². The van der Waals surface area contributed by atoms with Crippen LogP contribution in [0.15, 0.2) is 47.1 Å². The quantitative estimate of drug-likeness (QED) is 0.511. The smallest absolute Gasteiger partial charge is 0.461 e. The highest BCUT2D eigenvalue weighted by Crippen LogP contribution is 2.13. The van der Waals surface area contributed by atoms with Gasteiger partial charge >= 0.3 is 7.12 Å². The Morgan fingerprint density at radius 2 is 2.26 bits per heavy atom. The highest BCUT2D eigenvalue weighted by Gasteiger charge is 2.26. The van der Waals surface area contributed by atoms with Crippen molar-refractivity contribution in [3.8, 4) is 0 Å². The number of fused-ring (bicyclic) bond motifs is 1. The molecule has 0 saturated heterocycles. The molecule has 0 radical (unpaired) electrons. The fourth-order valence-corrected chi connectivity index (χ4v) is 2.01. The van der Waals surface area contributed by atoms with Crippen LogP contribution in [0, 0.1) is 0 Å². The normalized spacial score (nSPS) is 14.1. The highest BCUT2D eigenvalue weighted by atomic mass is 16.5. The molecule has 0 bridgehead atoms. The van der Waals surface area contributed by atoms with Crippen LogP contribution >= 0.6 is 0 Å². The lowest BCUT2D eigenvalue weighted by Gasteiger charge is -1.99. The van der Waals surface area contributed by atoms with Gasteiger partial charge in [0.05, 0.1) is 12.9 Å². The molecule has 1 N–H and O–H groups in total. The van der Waals surface area contributed by atoms with E-state index in [0.717, 1.165) is 16.6 Å². The summed E-state index contributed by atoms with van der Waals surface area (Å²) in [6.07, 6.45) is 4.60. The average Bonchev–Trinajstić information content (AvgIpc) is 3.07. The molecule has 4 nitrogen and oxygen atoms in total. The molecule has 94 valence electrons. The van der Waals surface area contributed by atoms with Gasteiger partial charge in [-0.05, 0) is 34.8 Å². The SMILES string of the molecule is O=C(/C=C/c1ccc2c(c1)B(O)OC2)c1ccco1. The third-order valence-electron chi connectivity index (χ3n) is 3.02. The summed E-state index contributed by atoms with van der Waals surface area (Å²) in [6.45, 7) is 0.422. The zero-order chi connectivity index (χ0) is 13.2. The van der Waals surface area contributed by atoms with E-state index in [1.165, 1.54) is 12.3 Å². The Kier molecular flexibility index (Phi) is 3.07. The highest BCUT2D eigenvalue weighted by molar-refractivity contribution is 6.61. The van der Waals surface area contributed by atoms with Gasteiger partial charge in [-0.2, -0.15) is 0 Å². The predicted molar refractivity (Wildman–Crippen MR) is 70.9 cm³/mol. The summed E-state index contributed by atoms with van der Waals surface area (Å²) in [7, 11) is -0.871. The van der Waals surface area contributed by atoms with Crippen molar-refractivity contribution >= 4 is 24.4 Å². The first-order valence-corrected chi connectivity index (χ1v) is 5.92. The van der Waals surface area contributed by atoms with E-state index in [-0.39, 0.29) is 5.78 Å². The van der Waals surface area contributed by atoms with Crippen molar-refractivity contribution in [1.29, 1.82) is 0 Å². The molecule has 1 aromatic carbocycles.